The van der Waals surface area contributed by atoms with Crippen molar-refractivity contribution in [1.29, 1.82) is 0 Å². The molecule has 0 unspecified atom stereocenters. The van der Waals surface area contributed by atoms with Crippen LogP contribution < -0.4 is 24.8 Å². The third-order valence-corrected chi connectivity index (χ3v) is 3.56. The summed E-state index contributed by atoms with van der Waals surface area (Å²) in [5.74, 6) is 2.96. The zero-order valence-electron chi connectivity index (χ0n) is 14.7. The molecule has 0 amide bonds. The molecule has 1 aromatic heterocycles. The monoisotopic (exact) mass is 353 g/mol. The van der Waals surface area contributed by atoms with E-state index in [9.17, 15) is 0 Å². The van der Waals surface area contributed by atoms with Crippen LogP contribution in [0.15, 0.2) is 48.7 Å². The van der Waals surface area contributed by atoms with Gasteiger partial charge in [-0.1, -0.05) is 0 Å². The number of anilines is 4. The van der Waals surface area contributed by atoms with Gasteiger partial charge in [-0.2, -0.15) is 10.1 Å². The van der Waals surface area contributed by atoms with Gasteiger partial charge in [0.05, 0.1) is 27.5 Å². The van der Waals surface area contributed by atoms with Crippen molar-refractivity contribution in [2.24, 2.45) is 0 Å². The van der Waals surface area contributed by atoms with Gasteiger partial charge >= 0.3 is 0 Å². The molecule has 0 spiro atoms. The molecular weight excluding hydrogens is 334 g/mol. The van der Waals surface area contributed by atoms with Crippen LogP contribution in [0.4, 0.5) is 23.1 Å². The van der Waals surface area contributed by atoms with Crippen molar-refractivity contribution in [1.82, 2.24) is 15.2 Å². The van der Waals surface area contributed by atoms with Crippen molar-refractivity contribution in [3.63, 3.8) is 0 Å². The first-order chi connectivity index (χ1) is 12.7. The van der Waals surface area contributed by atoms with Gasteiger partial charge in [-0.15, -0.1) is 5.10 Å². The summed E-state index contributed by atoms with van der Waals surface area (Å²) in [5.41, 5.74) is 1.62. The van der Waals surface area contributed by atoms with E-state index in [-0.39, 0.29) is 0 Å². The highest BCUT2D eigenvalue weighted by Crippen LogP contribution is 2.30. The highest BCUT2D eigenvalue weighted by atomic mass is 16.5. The van der Waals surface area contributed by atoms with Crippen LogP contribution >= 0.6 is 0 Å². The normalized spacial score (nSPS) is 10.1. The molecule has 0 radical (unpaired) electrons. The first-order valence-corrected chi connectivity index (χ1v) is 7.81. The number of rotatable bonds is 7. The second-order valence-corrected chi connectivity index (χ2v) is 5.21. The van der Waals surface area contributed by atoms with Crippen LogP contribution in [-0.2, 0) is 0 Å². The third-order valence-electron chi connectivity index (χ3n) is 3.56. The van der Waals surface area contributed by atoms with Crippen LogP contribution in [0.25, 0.3) is 0 Å². The SMILES string of the molecule is COc1ccc(Nc2cnnc(Nc3ccc(OC)c(OC)c3)n2)cc1. The van der Waals surface area contributed by atoms with Crippen molar-refractivity contribution in [2.45, 2.75) is 0 Å². The maximum Gasteiger partial charge on any atom is 0.249 e. The van der Waals surface area contributed by atoms with E-state index < -0.39 is 0 Å². The van der Waals surface area contributed by atoms with E-state index in [1.165, 1.54) is 0 Å². The molecule has 3 rings (SSSR count). The molecule has 8 heteroatoms. The minimum Gasteiger partial charge on any atom is -0.497 e. The van der Waals surface area contributed by atoms with Crippen molar-refractivity contribution in [2.75, 3.05) is 32.0 Å². The van der Waals surface area contributed by atoms with E-state index in [0.717, 1.165) is 17.1 Å². The summed E-state index contributed by atoms with van der Waals surface area (Å²) in [4.78, 5) is 4.40. The molecule has 0 atom stereocenters. The quantitative estimate of drug-likeness (QED) is 0.668. The van der Waals surface area contributed by atoms with Crippen LogP contribution in [0.5, 0.6) is 17.2 Å². The molecule has 134 valence electrons. The minimum absolute atomic E-state index is 0.357. The molecule has 3 aromatic rings. The Morgan fingerprint density at radius 2 is 1.50 bits per heavy atom. The lowest BCUT2D eigenvalue weighted by atomic mass is 10.3. The van der Waals surface area contributed by atoms with Gasteiger partial charge in [-0.25, -0.2) is 0 Å². The lowest BCUT2D eigenvalue weighted by molar-refractivity contribution is 0.355. The van der Waals surface area contributed by atoms with E-state index in [4.69, 9.17) is 14.2 Å². The summed E-state index contributed by atoms with van der Waals surface area (Å²) in [6, 6.07) is 12.9. The molecule has 0 bridgehead atoms. The topological polar surface area (TPSA) is 90.4 Å². The van der Waals surface area contributed by atoms with E-state index in [1.807, 2.05) is 30.3 Å². The summed E-state index contributed by atoms with van der Waals surface area (Å²) in [6.07, 6.45) is 1.55. The predicted octanol–water partition coefficient (Wildman–Crippen LogP) is 3.38. The van der Waals surface area contributed by atoms with Gasteiger partial charge in [0.2, 0.25) is 5.95 Å². The Morgan fingerprint density at radius 3 is 2.19 bits per heavy atom. The molecule has 0 saturated heterocycles. The predicted molar refractivity (Wildman–Crippen MR) is 98.9 cm³/mol. The number of ether oxygens (including phenoxy) is 3. The van der Waals surface area contributed by atoms with Crippen LogP contribution in [0, 0.1) is 0 Å². The van der Waals surface area contributed by atoms with Crippen LogP contribution in [-0.4, -0.2) is 36.5 Å². The highest BCUT2D eigenvalue weighted by Gasteiger charge is 2.07. The van der Waals surface area contributed by atoms with Gasteiger partial charge in [0.1, 0.15) is 5.75 Å². The molecule has 0 fully saturated rings. The van der Waals surface area contributed by atoms with Gasteiger partial charge in [0.15, 0.2) is 17.3 Å². The van der Waals surface area contributed by atoms with E-state index in [0.29, 0.717) is 23.3 Å². The average Bonchev–Trinajstić information content (AvgIpc) is 2.69. The van der Waals surface area contributed by atoms with Crippen LogP contribution in [0.3, 0.4) is 0 Å². The summed E-state index contributed by atoms with van der Waals surface area (Å²) in [7, 11) is 4.80. The smallest absolute Gasteiger partial charge is 0.249 e. The van der Waals surface area contributed by atoms with Crippen LogP contribution in [0.1, 0.15) is 0 Å². The third kappa shape index (κ3) is 4.10. The van der Waals surface area contributed by atoms with E-state index in [2.05, 4.69) is 25.8 Å². The summed E-state index contributed by atoms with van der Waals surface area (Å²) in [5, 5.41) is 14.2. The maximum atomic E-state index is 5.29. The second-order valence-electron chi connectivity index (χ2n) is 5.21. The summed E-state index contributed by atoms with van der Waals surface area (Å²) >= 11 is 0. The number of aromatic nitrogens is 3. The first-order valence-electron chi connectivity index (χ1n) is 7.81. The fourth-order valence-electron chi connectivity index (χ4n) is 2.28. The average molecular weight is 353 g/mol. The number of benzene rings is 2. The number of methoxy groups -OCH3 is 3. The van der Waals surface area contributed by atoms with Gasteiger partial charge < -0.3 is 24.8 Å². The maximum absolute atomic E-state index is 5.29. The number of hydrogen-bond acceptors (Lipinski definition) is 8. The molecular formula is C18H19N5O3. The van der Waals surface area contributed by atoms with Crippen molar-refractivity contribution in [3.8, 4) is 17.2 Å². The summed E-state index contributed by atoms with van der Waals surface area (Å²) < 4.78 is 15.7. The Morgan fingerprint density at radius 1 is 0.769 bits per heavy atom. The van der Waals surface area contributed by atoms with Crippen LogP contribution in [0.2, 0.25) is 0 Å². The lowest BCUT2D eigenvalue weighted by Gasteiger charge is -2.11. The van der Waals surface area contributed by atoms with E-state index in [1.54, 1.807) is 39.7 Å². The number of hydrogen-bond donors (Lipinski definition) is 2. The van der Waals surface area contributed by atoms with Gasteiger partial charge in [-0.05, 0) is 36.4 Å². The highest BCUT2D eigenvalue weighted by molar-refractivity contribution is 5.61. The molecule has 8 nitrogen and oxygen atoms in total. The van der Waals surface area contributed by atoms with Gasteiger partial charge in [0, 0.05) is 17.4 Å². The number of nitrogens with zero attached hydrogens (tertiary/aromatic N) is 3. The Labute approximate surface area is 151 Å². The van der Waals surface area contributed by atoms with Gasteiger partial charge in [-0.3, -0.25) is 0 Å². The molecule has 1 heterocycles. The molecule has 0 saturated carbocycles. The zero-order valence-corrected chi connectivity index (χ0v) is 14.7. The van der Waals surface area contributed by atoms with E-state index >= 15 is 0 Å². The Hall–Kier alpha value is -3.55. The molecule has 26 heavy (non-hydrogen) atoms. The summed E-state index contributed by atoms with van der Waals surface area (Å²) in [6.45, 7) is 0. The molecule has 2 N–H and O–H groups in total. The minimum atomic E-state index is 0.357. The van der Waals surface area contributed by atoms with Crippen molar-refractivity contribution < 1.29 is 14.2 Å². The molecule has 2 aromatic carbocycles. The first kappa shape index (κ1) is 17.3. The molecule has 0 aliphatic rings. The van der Waals surface area contributed by atoms with Crippen molar-refractivity contribution >= 4 is 23.1 Å². The number of nitrogens with one attached hydrogen (secondary N) is 2. The Kier molecular flexibility index (Phi) is 5.33. The largest absolute Gasteiger partial charge is 0.497 e. The Bertz CT molecular complexity index is 871. The van der Waals surface area contributed by atoms with Gasteiger partial charge in [0.25, 0.3) is 0 Å². The molecule has 0 aliphatic carbocycles. The fraction of sp³-hybridized carbons (Fsp3) is 0.167. The Balaban J connectivity index is 1.74. The standard InChI is InChI=1S/C18H19N5O3/c1-24-14-7-4-12(5-8-14)20-17-11-19-23-18(22-17)21-13-6-9-15(25-2)16(10-13)26-3/h4-11H,1-3H3,(H2,20,21,22,23). The van der Waals surface area contributed by atoms with Crippen molar-refractivity contribution in [3.05, 3.63) is 48.7 Å². The second kappa shape index (κ2) is 8.02. The lowest BCUT2D eigenvalue weighted by Crippen LogP contribution is -2.02. The zero-order chi connectivity index (χ0) is 18.4. The molecule has 0 aliphatic heterocycles. The fourth-order valence-corrected chi connectivity index (χ4v) is 2.28.